The molecule has 5 aromatic rings. The number of imidazole rings is 1. The summed E-state index contributed by atoms with van der Waals surface area (Å²) in [4.78, 5) is 19.6. The van der Waals surface area contributed by atoms with E-state index in [-0.39, 0.29) is 5.82 Å². The molecule has 1 saturated heterocycles. The summed E-state index contributed by atoms with van der Waals surface area (Å²) in [6.07, 6.45) is 9.18. The van der Waals surface area contributed by atoms with E-state index in [4.69, 9.17) is 9.72 Å². The zero-order valence-corrected chi connectivity index (χ0v) is 21.5. The van der Waals surface area contributed by atoms with E-state index in [1.807, 2.05) is 18.3 Å². The number of ether oxygens (including phenoxy) is 1. The van der Waals surface area contributed by atoms with Crippen LogP contribution in [0.3, 0.4) is 0 Å². The smallest absolute Gasteiger partial charge is 0.181 e. The summed E-state index contributed by atoms with van der Waals surface area (Å²) >= 11 is 0. The predicted octanol–water partition coefficient (Wildman–Crippen LogP) is 4.55. The van der Waals surface area contributed by atoms with Gasteiger partial charge in [0.1, 0.15) is 23.9 Å². The number of pyridine rings is 2. The van der Waals surface area contributed by atoms with Crippen LogP contribution in [0.15, 0.2) is 48.8 Å². The Morgan fingerprint density at radius 1 is 1.03 bits per heavy atom. The average Bonchev–Trinajstić information content (AvgIpc) is 3.72. The van der Waals surface area contributed by atoms with Crippen molar-refractivity contribution >= 4 is 27.8 Å². The summed E-state index contributed by atoms with van der Waals surface area (Å²) in [7, 11) is 0. The molecule has 2 aliphatic rings. The molecule has 6 heterocycles. The minimum atomic E-state index is -0.348. The van der Waals surface area contributed by atoms with Gasteiger partial charge in [-0.05, 0) is 79.9 Å². The van der Waals surface area contributed by atoms with E-state index < -0.39 is 0 Å². The highest BCUT2D eigenvalue weighted by molar-refractivity contribution is 5.95. The molecule has 7 rings (SSSR count). The molecule has 3 N–H and O–H groups in total. The van der Waals surface area contributed by atoms with Gasteiger partial charge in [0.2, 0.25) is 0 Å². The molecule has 0 bridgehead atoms. The topological polar surface area (TPSA) is 108 Å². The van der Waals surface area contributed by atoms with Gasteiger partial charge in [-0.3, -0.25) is 10.00 Å². The molecule has 4 aromatic heterocycles. The lowest BCUT2D eigenvalue weighted by molar-refractivity contribution is 0.237. The Balaban J connectivity index is 1.22. The Morgan fingerprint density at radius 2 is 1.95 bits per heavy atom. The number of aromatic amines is 2. The van der Waals surface area contributed by atoms with Gasteiger partial charge >= 0.3 is 0 Å². The Bertz CT molecular complexity index is 1680. The van der Waals surface area contributed by atoms with Gasteiger partial charge in [0.05, 0.1) is 10.9 Å². The molecule has 39 heavy (non-hydrogen) atoms. The van der Waals surface area contributed by atoms with Crippen molar-refractivity contribution in [3.05, 3.63) is 60.2 Å². The zero-order valence-electron chi connectivity index (χ0n) is 21.5. The van der Waals surface area contributed by atoms with Gasteiger partial charge in [-0.1, -0.05) is 6.08 Å². The fraction of sp³-hybridized carbons (Fsp3) is 0.310. The summed E-state index contributed by atoms with van der Waals surface area (Å²) in [5.41, 5.74) is 6.47. The lowest BCUT2D eigenvalue weighted by atomic mass is 10.0. The quantitative estimate of drug-likeness (QED) is 0.287. The van der Waals surface area contributed by atoms with Crippen LogP contribution in [0, 0.1) is 5.82 Å². The average molecular weight is 525 g/mol. The van der Waals surface area contributed by atoms with E-state index in [1.165, 1.54) is 30.5 Å². The molecule has 0 amide bonds. The van der Waals surface area contributed by atoms with Crippen LogP contribution in [0.1, 0.15) is 24.8 Å². The van der Waals surface area contributed by atoms with Gasteiger partial charge in [0, 0.05) is 37.1 Å². The molecule has 0 aliphatic carbocycles. The first-order chi connectivity index (χ1) is 19.2. The van der Waals surface area contributed by atoms with E-state index >= 15 is 0 Å². The van der Waals surface area contributed by atoms with Crippen LogP contribution < -0.4 is 10.1 Å². The van der Waals surface area contributed by atoms with Gasteiger partial charge in [0.25, 0.3) is 0 Å². The normalized spacial score (nSPS) is 16.3. The third-order valence-electron chi connectivity index (χ3n) is 7.53. The van der Waals surface area contributed by atoms with E-state index in [1.54, 1.807) is 6.20 Å². The van der Waals surface area contributed by atoms with Crippen LogP contribution in [0.4, 0.5) is 4.39 Å². The third kappa shape index (κ3) is 4.77. The van der Waals surface area contributed by atoms with E-state index in [2.05, 4.69) is 47.5 Å². The minimum absolute atomic E-state index is 0.348. The second kappa shape index (κ2) is 10.2. The first-order valence-electron chi connectivity index (χ1n) is 13.5. The number of likely N-dealkylation sites (tertiary alicyclic amines) is 1. The molecule has 0 atom stereocenters. The van der Waals surface area contributed by atoms with E-state index in [0.717, 1.165) is 61.4 Å². The number of fused-ring (bicyclic) bond motifs is 2. The van der Waals surface area contributed by atoms with Crippen molar-refractivity contribution in [3.63, 3.8) is 0 Å². The highest BCUT2D eigenvalue weighted by Crippen LogP contribution is 2.33. The molecule has 2 aliphatic heterocycles. The number of nitrogens with one attached hydrogen (secondary N) is 3. The number of hydrogen-bond donors (Lipinski definition) is 3. The predicted molar refractivity (Wildman–Crippen MR) is 149 cm³/mol. The molecule has 0 radical (unpaired) electrons. The molecule has 1 aromatic carbocycles. The third-order valence-corrected chi connectivity index (χ3v) is 7.53. The number of rotatable bonds is 7. The number of nitrogens with zero attached hydrogens (tertiary/aromatic N) is 5. The van der Waals surface area contributed by atoms with Gasteiger partial charge in [0.15, 0.2) is 17.1 Å². The first kappa shape index (κ1) is 23.9. The molecule has 0 unspecified atom stereocenters. The van der Waals surface area contributed by atoms with Crippen LogP contribution >= 0.6 is 0 Å². The fourth-order valence-electron chi connectivity index (χ4n) is 5.51. The molecular weight excluding hydrogens is 495 g/mol. The number of H-pyrrole nitrogens is 2. The molecule has 198 valence electrons. The molecule has 0 spiro atoms. The number of benzene rings is 1. The fourth-order valence-corrected chi connectivity index (χ4v) is 5.51. The SMILES string of the molecule is Fc1cc(OCCN2CCCC2)cc(-c2ccnc3nc(-c4[nH]nc5ncc(C6=CCNCC6)cc45)[nH]c23)c1. The van der Waals surface area contributed by atoms with Crippen LogP contribution in [0.5, 0.6) is 5.75 Å². The molecular formula is C29H29FN8O. The second-order valence-electron chi connectivity index (χ2n) is 10.1. The Morgan fingerprint density at radius 3 is 2.82 bits per heavy atom. The zero-order chi connectivity index (χ0) is 26.2. The van der Waals surface area contributed by atoms with Gasteiger partial charge < -0.3 is 15.0 Å². The lowest BCUT2D eigenvalue weighted by Crippen LogP contribution is -2.25. The summed E-state index contributed by atoms with van der Waals surface area (Å²) < 4.78 is 20.6. The minimum Gasteiger partial charge on any atom is -0.492 e. The van der Waals surface area contributed by atoms with Crippen molar-refractivity contribution in [1.29, 1.82) is 0 Å². The Hall–Kier alpha value is -4.15. The monoisotopic (exact) mass is 524 g/mol. The highest BCUT2D eigenvalue weighted by Gasteiger charge is 2.18. The van der Waals surface area contributed by atoms with Crippen molar-refractivity contribution in [2.75, 3.05) is 39.3 Å². The van der Waals surface area contributed by atoms with Crippen LogP contribution in [0.2, 0.25) is 0 Å². The van der Waals surface area contributed by atoms with Crippen LogP contribution in [0.25, 0.3) is 50.4 Å². The summed E-state index contributed by atoms with van der Waals surface area (Å²) in [6.45, 7) is 5.39. The van der Waals surface area contributed by atoms with Gasteiger partial charge in [-0.15, -0.1) is 0 Å². The van der Waals surface area contributed by atoms with Crippen molar-refractivity contribution in [2.45, 2.75) is 19.3 Å². The maximum atomic E-state index is 14.7. The van der Waals surface area contributed by atoms with Gasteiger partial charge in [-0.2, -0.15) is 5.10 Å². The Kier molecular flexibility index (Phi) is 6.26. The maximum Gasteiger partial charge on any atom is 0.181 e. The van der Waals surface area contributed by atoms with Crippen molar-refractivity contribution < 1.29 is 9.13 Å². The number of halogens is 1. The van der Waals surface area contributed by atoms with Gasteiger partial charge in [-0.25, -0.2) is 19.3 Å². The highest BCUT2D eigenvalue weighted by atomic mass is 19.1. The van der Waals surface area contributed by atoms with Crippen molar-refractivity contribution in [2.24, 2.45) is 0 Å². The maximum absolute atomic E-state index is 14.7. The largest absolute Gasteiger partial charge is 0.492 e. The standard InChI is InChI=1S/C29H29FN8O/c30-21-13-19(14-22(16-21)39-12-11-38-9-1-2-10-38)23-5-8-32-28-25(23)34-29(35-28)26-24-15-20(17-33-27(24)37-36-26)18-3-6-31-7-4-18/h3,5,8,13-17,31H,1-2,4,6-7,9-12H2,(H,32,34,35)(H,33,36,37). The van der Waals surface area contributed by atoms with E-state index in [9.17, 15) is 4.39 Å². The number of hydrogen-bond acceptors (Lipinski definition) is 7. The molecule has 10 heteroatoms. The molecule has 9 nitrogen and oxygen atoms in total. The van der Waals surface area contributed by atoms with Crippen LogP contribution in [-0.2, 0) is 0 Å². The second-order valence-corrected chi connectivity index (χ2v) is 10.1. The first-order valence-corrected chi connectivity index (χ1v) is 13.5. The van der Waals surface area contributed by atoms with Crippen molar-refractivity contribution in [1.82, 2.24) is 40.3 Å². The Labute approximate surface area is 224 Å². The van der Waals surface area contributed by atoms with E-state index in [0.29, 0.717) is 40.6 Å². The summed E-state index contributed by atoms with van der Waals surface area (Å²) in [5.74, 6) is 0.766. The summed E-state index contributed by atoms with van der Waals surface area (Å²) in [6, 6.07) is 8.79. The number of aromatic nitrogens is 6. The van der Waals surface area contributed by atoms with Crippen molar-refractivity contribution in [3.8, 4) is 28.4 Å². The summed E-state index contributed by atoms with van der Waals surface area (Å²) in [5, 5.41) is 11.7. The van der Waals surface area contributed by atoms with Crippen LogP contribution in [-0.4, -0.2) is 74.4 Å². The molecule has 0 saturated carbocycles. The molecule has 1 fully saturated rings. The lowest BCUT2D eigenvalue weighted by Gasteiger charge is -2.15.